The first-order valence-corrected chi connectivity index (χ1v) is 4.78. The van der Waals surface area contributed by atoms with E-state index in [9.17, 15) is 26.3 Å². The fourth-order valence-electron chi connectivity index (χ4n) is 1.59. The van der Waals surface area contributed by atoms with Gasteiger partial charge >= 0.3 is 18.0 Å². The Morgan fingerprint density at radius 2 is 1.44 bits per heavy atom. The van der Waals surface area contributed by atoms with Crippen LogP contribution in [0.2, 0.25) is 0 Å². The highest BCUT2D eigenvalue weighted by Crippen LogP contribution is 2.49. The van der Waals surface area contributed by atoms with Crippen molar-refractivity contribution in [2.24, 2.45) is 0 Å². The number of hydrogen-bond donors (Lipinski definition) is 0. The molecule has 0 fully saturated rings. The van der Waals surface area contributed by atoms with Gasteiger partial charge in [0.05, 0.1) is 0 Å². The van der Waals surface area contributed by atoms with E-state index in [1.165, 1.54) is 18.2 Å². The smallest absolute Gasteiger partial charge is 0.441 e. The fourth-order valence-corrected chi connectivity index (χ4v) is 1.59. The van der Waals surface area contributed by atoms with Gasteiger partial charge in [0.25, 0.3) is 0 Å². The standard InChI is InChI=1S/C11H6F6O/c12-10(13,14)9(11(15,16)17)6-5-7-3-1-2-4-8(7)18-9/h1-6H. The Kier molecular flexibility index (Phi) is 2.60. The molecule has 1 aromatic rings. The first-order valence-electron chi connectivity index (χ1n) is 4.78. The number of alkyl halides is 6. The topological polar surface area (TPSA) is 9.23 Å². The van der Waals surface area contributed by atoms with Gasteiger partial charge in [0.15, 0.2) is 0 Å². The summed E-state index contributed by atoms with van der Waals surface area (Å²) in [5.41, 5.74) is -4.12. The van der Waals surface area contributed by atoms with Crippen molar-refractivity contribution < 1.29 is 31.1 Å². The molecule has 1 aromatic carbocycles. The maximum absolute atomic E-state index is 12.7. The quantitative estimate of drug-likeness (QED) is 0.647. The van der Waals surface area contributed by atoms with Crippen molar-refractivity contribution >= 4 is 6.08 Å². The molecular weight excluding hydrogens is 262 g/mol. The van der Waals surface area contributed by atoms with Crippen LogP contribution < -0.4 is 4.74 Å². The summed E-state index contributed by atoms with van der Waals surface area (Å²) in [7, 11) is 0. The zero-order chi connectivity index (χ0) is 13.6. The minimum Gasteiger partial charge on any atom is -0.464 e. The van der Waals surface area contributed by atoms with E-state index in [1.807, 2.05) is 0 Å². The molecule has 0 unspecified atom stereocenters. The Bertz CT molecular complexity index is 471. The number of benzene rings is 1. The van der Waals surface area contributed by atoms with Gasteiger partial charge in [0.2, 0.25) is 0 Å². The molecule has 1 aliphatic heterocycles. The predicted molar refractivity (Wildman–Crippen MR) is 50.9 cm³/mol. The number of para-hydroxylation sites is 1. The van der Waals surface area contributed by atoms with Crippen LogP contribution in [0, 0.1) is 0 Å². The first kappa shape index (κ1) is 12.8. The normalized spacial score (nSPS) is 18.1. The summed E-state index contributed by atoms with van der Waals surface area (Å²) in [5.74, 6) is -0.449. The minimum atomic E-state index is -5.59. The maximum Gasteiger partial charge on any atom is 0.441 e. The van der Waals surface area contributed by atoms with Gasteiger partial charge in [-0.15, -0.1) is 0 Å². The summed E-state index contributed by atoms with van der Waals surface area (Å²) >= 11 is 0. The molecule has 0 amide bonds. The van der Waals surface area contributed by atoms with Crippen molar-refractivity contribution in [3.05, 3.63) is 35.9 Å². The fraction of sp³-hybridized carbons (Fsp3) is 0.273. The first-order chi connectivity index (χ1) is 8.17. The Balaban J connectivity index is 2.56. The third-order valence-corrected chi connectivity index (χ3v) is 2.53. The highest BCUT2D eigenvalue weighted by molar-refractivity contribution is 5.61. The van der Waals surface area contributed by atoms with Crippen LogP contribution in [0.3, 0.4) is 0 Å². The Morgan fingerprint density at radius 1 is 0.889 bits per heavy atom. The molecule has 18 heavy (non-hydrogen) atoms. The van der Waals surface area contributed by atoms with E-state index in [2.05, 4.69) is 4.74 Å². The Hall–Kier alpha value is -1.66. The second-order valence-corrected chi connectivity index (χ2v) is 3.70. The number of hydrogen-bond acceptors (Lipinski definition) is 1. The van der Waals surface area contributed by atoms with E-state index in [0.29, 0.717) is 0 Å². The second kappa shape index (κ2) is 3.66. The van der Waals surface area contributed by atoms with Crippen LogP contribution in [0.1, 0.15) is 5.56 Å². The van der Waals surface area contributed by atoms with E-state index in [1.54, 1.807) is 0 Å². The molecule has 98 valence electrons. The molecule has 0 aliphatic carbocycles. The van der Waals surface area contributed by atoms with Crippen molar-refractivity contribution in [1.29, 1.82) is 0 Å². The Labute approximate surface area is 97.7 Å². The number of fused-ring (bicyclic) bond motifs is 1. The lowest BCUT2D eigenvalue weighted by Crippen LogP contribution is -2.60. The number of halogens is 6. The van der Waals surface area contributed by atoms with Crippen LogP contribution in [0.4, 0.5) is 26.3 Å². The van der Waals surface area contributed by atoms with Crippen molar-refractivity contribution in [2.45, 2.75) is 18.0 Å². The van der Waals surface area contributed by atoms with Gasteiger partial charge in [0.1, 0.15) is 5.75 Å². The van der Waals surface area contributed by atoms with Crippen LogP contribution in [0.25, 0.3) is 6.08 Å². The Morgan fingerprint density at radius 3 is 2.00 bits per heavy atom. The molecule has 0 N–H and O–H groups in total. The molecule has 0 radical (unpaired) electrons. The van der Waals surface area contributed by atoms with Crippen LogP contribution in [-0.4, -0.2) is 18.0 Å². The second-order valence-electron chi connectivity index (χ2n) is 3.70. The molecular formula is C11H6F6O. The van der Waals surface area contributed by atoms with Gasteiger partial charge in [-0.2, -0.15) is 26.3 Å². The molecule has 1 nitrogen and oxygen atoms in total. The van der Waals surface area contributed by atoms with Gasteiger partial charge in [-0.05, 0) is 12.1 Å². The molecule has 1 heterocycles. The van der Waals surface area contributed by atoms with Crippen molar-refractivity contribution in [1.82, 2.24) is 0 Å². The molecule has 0 spiro atoms. The van der Waals surface area contributed by atoms with Crippen LogP contribution in [0.15, 0.2) is 30.3 Å². The van der Waals surface area contributed by atoms with Crippen LogP contribution >= 0.6 is 0 Å². The molecule has 1 aliphatic rings. The molecule has 0 saturated heterocycles. The maximum atomic E-state index is 12.7. The average Bonchev–Trinajstić information content (AvgIpc) is 2.25. The third kappa shape index (κ3) is 1.74. The molecule has 0 saturated carbocycles. The predicted octanol–water partition coefficient (Wildman–Crippen LogP) is 3.96. The summed E-state index contributed by atoms with van der Waals surface area (Å²) in [6, 6.07) is 5.21. The van der Waals surface area contributed by atoms with Crippen molar-refractivity contribution in [3.63, 3.8) is 0 Å². The summed E-state index contributed by atoms with van der Waals surface area (Å²) in [4.78, 5) is 0. The number of rotatable bonds is 0. The van der Waals surface area contributed by atoms with Crippen molar-refractivity contribution in [2.75, 3.05) is 0 Å². The van der Waals surface area contributed by atoms with E-state index < -0.39 is 23.7 Å². The molecule has 0 atom stereocenters. The van der Waals surface area contributed by atoms with Crippen molar-refractivity contribution in [3.8, 4) is 5.75 Å². The zero-order valence-corrected chi connectivity index (χ0v) is 8.64. The summed E-state index contributed by atoms with van der Waals surface area (Å²) in [6.45, 7) is 0. The third-order valence-electron chi connectivity index (χ3n) is 2.53. The zero-order valence-electron chi connectivity index (χ0n) is 8.64. The van der Waals surface area contributed by atoms with Crippen LogP contribution in [-0.2, 0) is 0 Å². The van der Waals surface area contributed by atoms with E-state index in [-0.39, 0.29) is 11.6 Å². The van der Waals surface area contributed by atoms with Crippen LogP contribution in [0.5, 0.6) is 5.75 Å². The minimum absolute atomic E-state index is 0.00463. The van der Waals surface area contributed by atoms with E-state index in [4.69, 9.17) is 0 Å². The summed E-state index contributed by atoms with van der Waals surface area (Å²) in [6.07, 6.45) is -10.4. The molecule has 0 aromatic heterocycles. The summed E-state index contributed by atoms with van der Waals surface area (Å²) in [5, 5.41) is 0. The van der Waals surface area contributed by atoms with E-state index >= 15 is 0 Å². The van der Waals surface area contributed by atoms with Gasteiger partial charge in [-0.1, -0.05) is 24.3 Å². The largest absolute Gasteiger partial charge is 0.464 e. The molecule has 0 bridgehead atoms. The summed E-state index contributed by atoms with van der Waals surface area (Å²) < 4.78 is 80.4. The SMILES string of the molecule is FC(F)(F)C1(C(F)(F)F)C=Cc2ccccc2O1. The van der Waals surface area contributed by atoms with Gasteiger partial charge < -0.3 is 4.74 Å². The van der Waals surface area contributed by atoms with Gasteiger partial charge in [0, 0.05) is 5.56 Å². The number of ether oxygens (including phenoxy) is 1. The lowest BCUT2D eigenvalue weighted by Gasteiger charge is -2.37. The molecule has 7 heteroatoms. The van der Waals surface area contributed by atoms with E-state index in [0.717, 1.165) is 12.1 Å². The lowest BCUT2D eigenvalue weighted by molar-refractivity contribution is -0.337. The van der Waals surface area contributed by atoms with Gasteiger partial charge in [-0.3, -0.25) is 0 Å². The molecule has 2 rings (SSSR count). The van der Waals surface area contributed by atoms with Gasteiger partial charge in [-0.25, -0.2) is 0 Å². The highest BCUT2D eigenvalue weighted by atomic mass is 19.4. The average molecular weight is 268 g/mol. The highest BCUT2D eigenvalue weighted by Gasteiger charge is 2.73. The monoisotopic (exact) mass is 268 g/mol. The lowest BCUT2D eigenvalue weighted by atomic mass is 9.97.